The molecule has 2 aliphatic rings. The Morgan fingerprint density at radius 3 is 2.74 bits per heavy atom. The smallest absolute Gasteiger partial charge is 0.389 e. The molecule has 2 aromatic carbocycles. The summed E-state index contributed by atoms with van der Waals surface area (Å²) in [6.45, 7) is 4.45. The lowest BCUT2D eigenvalue weighted by atomic mass is 9.91. The van der Waals surface area contributed by atoms with Crippen molar-refractivity contribution in [2.24, 2.45) is 0 Å². The SMILES string of the molecule is CCSCC1(C(Nc2cccc3nc(C)ccc23)c2cccc3c2OCC3)OC1(F)F. The minimum Gasteiger partial charge on any atom is -0.493 e. The zero-order valence-corrected chi connectivity index (χ0v) is 18.3. The number of ether oxygens (including phenoxy) is 2. The molecule has 1 N–H and O–H groups in total. The number of benzene rings is 2. The number of nitrogens with zero attached hydrogens (tertiary/aromatic N) is 1. The molecular weight excluding hydrogens is 418 g/mol. The van der Waals surface area contributed by atoms with Gasteiger partial charge in [-0.1, -0.05) is 31.2 Å². The van der Waals surface area contributed by atoms with Gasteiger partial charge in [0.25, 0.3) is 0 Å². The van der Waals surface area contributed by atoms with Crippen LogP contribution in [0.25, 0.3) is 10.9 Å². The predicted octanol–water partition coefficient (Wildman–Crippen LogP) is 5.75. The van der Waals surface area contributed by atoms with E-state index in [9.17, 15) is 8.78 Å². The van der Waals surface area contributed by atoms with Crippen molar-refractivity contribution in [2.75, 3.05) is 23.4 Å². The van der Waals surface area contributed by atoms with Gasteiger partial charge in [-0.25, -0.2) is 0 Å². The number of para-hydroxylation sites is 1. The van der Waals surface area contributed by atoms with Crippen LogP contribution in [0.3, 0.4) is 0 Å². The topological polar surface area (TPSA) is 46.7 Å². The van der Waals surface area contributed by atoms with Crippen molar-refractivity contribution in [3.8, 4) is 5.75 Å². The third-order valence-corrected chi connectivity index (χ3v) is 7.02. The van der Waals surface area contributed by atoms with E-state index >= 15 is 0 Å². The number of hydrogen-bond acceptors (Lipinski definition) is 5. The van der Waals surface area contributed by atoms with Crippen molar-refractivity contribution in [1.29, 1.82) is 0 Å². The van der Waals surface area contributed by atoms with Gasteiger partial charge in [-0.2, -0.15) is 20.5 Å². The van der Waals surface area contributed by atoms with Gasteiger partial charge in [0.1, 0.15) is 5.75 Å². The highest BCUT2D eigenvalue weighted by Crippen LogP contribution is 2.61. The number of nitrogens with one attached hydrogen (secondary N) is 1. The van der Waals surface area contributed by atoms with Crippen molar-refractivity contribution < 1.29 is 18.3 Å². The molecular formula is C24H24F2N2O2S. The Balaban J connectivity index is 1.63. The molecule has 2 unspecified atom stereocenters. The van der Waals surface area contributed by atoms with E-state index in [0.717, 1.165) is 40.0 Å². The van der Waals surface area contributed by atoms with Crippen LogP contribution in [-0.2, 0) is 11.2 Å². The summed E-state index contributed by atoms with van der Waals surface area (Å²) in [7, 11) is 0. The number of alkyl halides is 2. The maximum Gasteiger partial charge on any atom is 0.389 e. The molecule has 0 aliphatic carbocycles. The second-order valence-electron chi connectivity index (χ2n) is 7.98. The van der Waals surface area contributed by atoms with Gasteiger partial charge >= 0.3 is 6.11 Å². The number of aromatic nitrogens is 1. The molecule has 3 heterocycles. The highest BCUT2D eigenvalue weighted by atomic mass is 32.2. The molecule has 1 saturated heterocycles. The van der Waals surface area contributed by atoms with Gasteiger partial charge in [0.05, 0.1) is 18.2 Å². The Morgan fingerprint density at radius 1 is 1.16 bits per heavy atom. The number of rotatable bonds is 7. The number of epoxide rings is 1. The molecule has 2 aliphatic heterocycles. The summed E-state index contributed by atoms with van der Waals surface area (Å²) < 4.78 is 40.7. The molecule has 0 radical (unpaired) electrons. The summed E-state index contributed by atoms with van der Waals surface area (Å²) in [6.07, 6.45) is -2.44. The molecule has 1 aromatic heterocycles. The molecule has 2 atom stereocenters. The minimum absolute atomic E-state index is 0.181. The fourth-order valence-electron chi connectivity index (χ4n) is 4.33. The van der Waals surface area contributed by atoms with Crippen LogP contribution in [0.15, 0.2) is 48.5 Å². The number of aryl methyl sites for hydroxylation is 1. The first-order valence-electron chi connectivity index (χ1n) is 10.5. The van der Waals surface area contributed by atoms with Crippen molar-refractivity contribution in [2.45, 2.75) is 38.0 Å². The van der Waals surface area contributed by atoms with Gasteiger partial charge in [0, 0.05) is 34.5 Å². The van der Waals surface area contributed by atoms with E-state index in [-0.39, 0.29) is 5.75 Å². The third kappa shape index (κ3) is 3.44. The number of halogens is 2. The number of fused-ring (bicyclic) bond motifs is 2. The zero-order valence-electron chi connectivity index (χ0n) is 17.5. The Labute approximate surface area is 184 Å². The van der Waals surface area contributed by atoms with E-state index in [0.29, 0.717) is 17.9 Å². The molecule has 5 rings (SSSR count). The summed E-state index contributed by atoms with van der Waals surface area (Å²) in [5.74, 6) is 1.61. The van der Waals surface area contributed by atoms with Crippen LogP contribution in [0, 0.1) is 6.92 Å². The largest absolute Gasteiger partial charge is 0.493 e. The van der Waals surface area contributed by atoms with Crippen LogP contribution < -0.4 is 10.1 Å². The lowest BCUT2D eigenvalue weighted by Gasteiger charge is -2.28. The quantitative estimate of drug-likeness (QED) is 0.473. The van der Waals surface area contributed by atoms with Gasteiger partial charge in [0.15, 0.2) is 5.60 Å². The first-order valence-corrected chi connectivity index (χ1v) is 11.6. The van der Waals surface area contributed by atoms with Crippen LogP contribution in [-0.4, -0.2) is 34.8 Å². The van der Waals surface area contributed by atoms with Gasteiger partial charge in [-0.05, 0) is 42.5 Å². The van der Waals surface area contributed by atoms with E-state index in [1.165, 1.54) is 11.8 Å². The van der Waals surface area contributed by atoms with Crippen LogP contribution >= 0.6 is 11.8 Å². The molecule has 31 heavy (non-hydrogen) atoms. The highest BCUT2D eigenvalue weighted by molar-refractivity contribution is 7.99. The molecule has 7 heteroatoms. The fraction of sp³-hybridized carbons (Fsp3) is 0.375. The van der Waals surface area contributed by atoms with Crippen molar-refractivity contribution in [3.05, 3.63) is 65.4 Å². The zero-order chi connectivity index (χ0) is 21.6. The average Bonchev–Trinajstić information content (AvgIpc) is 3.08. The number of pyridine rings is 1. The van der Waals surface area contributed by atoms with E-state index in [1.54, 1.807) is 0 Å². The molecule has 3 aromatic rings. The van der Waals surface area contributed by atoms with E-state index < -0.39 is 17.8 Å². The summed E-state index contributed by atoms with van der Waals surface area (Å²) in [6, 6.07) is 14.6. The molecule has 0 bridgehead atoms. The van der Waals surface area contributed by atoms with Gasteiger partial charge < -0.3 is 10.1 Å². The molecule has 162 valence electrons. The van der Waals surface area contributed by atoms with Gasteiger partial charge in [-0.3, -0.25) is 9.72 Å². The van der Waals surface area contributed by atoms with Crippen LogP contribution in [0.5, 0.6) is 5.75 Å². The maximum absolute atomic E-state index is 14.8. The summed E-state index contributed by atoms with van der Waals surface area (Å²) in [5, 5.41) is 4.30. The van der Waals surface area contributed by atoms with Crippen molar-refractivity contribution in [1.82, 2.24) is 4.98 Å². The Kier molecular flexibility index (Phi) is 5.06. The van der Waals surface area contributed by atoms with Gasteiger partial charge in [-0.15, -0.1) is 0 Å². The average molecular weight is 443 g/mol. The predicted molar refractivity (Wildman–Crippen MR) is 120 cm³/mol. The second-order valence-corrected chi connectivity index (χ2v) is 9.26. The molecule has 0 saturated carbocycles. The van der Waals surface area contributed by atoms with Crippen LogP contribution in [0.2, 0.25) is 0 Å². The van der Waals surface area contributed by atoms with E-state index in [4.69, 9.17) is 9.47 Å². The third-order valence-electron chi connectivity index (χ3n) is 5.98. The molecule has 4 nitrogen and oxygen atoms in total. The number of anilines is 1. The minimum atomic E-state index is -3.21. The first-order chi connectivity index (χ1) is 14.9. The highest BCUT2D eigenvalue weighted by Gasteiger charge is 2.78. The Hall–Kier alpha value is -2.38. The van der Waals surface area contributed by atoms with Crippen LogP contribution in [0.4, 0.5) is 14.5 Å². The number of thioether (sulfide) groups is 1. The Morgan fingerprint density at radius 2 is 1.97 bits per heavy atom. The number of hydrogen-bond donors (Lipinski definition) is 1. The summed E-state index contributed by atoms with van der Waals surface area (Å²) >= 11 is 1.45. The maximum atomic E-state index is 14.8. The first kappa shape index (κ1) is 20.5. The van der Waals surface area contributed by atoms with E-state index in [2.05, 4.69) is 10.3 Å². The van der Waals surface area contributed by atoms with E-state index in [1.807, 2.05) is 62.4 Å². The standard InChI is InChI=1S/C24H24F2N2O2S/c1-3-31-14-23(24(25,26)30-23)22(18-7-4-6-16-12-13-29-21(16)18)28-20-9-5-8-19-17(20)11-10-15(2)27-19/h4-11,22,28H,3,12-14H2,1-2H3. The lowest BCUT2D eigenvalue weighted by Crippen LogP contribution is -2.36. The molecule has 1 fully saturated rings. The second kappa shape index (κ2) is 7.64. The summed E-state index contributed by atoms with van der Waals surface area (Å²) in [5.41, 5.74) is 2.58. The molecule has 0 amide bonds. The van der Waals surface area contributed by atoms with Crippen molar-refractivity contribution >= 4 is 28.4 Å². The van der Waals surface area contributed by atoms with Crippen LogP contribution in [0.1, 0.15) is 29.8 Å². The lowest BCUT2D eigenvalue weighted by molar-refractivity contribution is 0.000669. The molecule has 0 spiro atoms. The van der Waals surface area contributed by atoms with Crippen molar-refractivity contribution in [3.63, 3.8) is 0 Å². The fourth-order valence-corrected chi connectivity index (χ4v) is 5.23. The van der Waals surface area contributed by atoms with Gasteiger partial charge in [0.2, 0.25) is 0 Å². The Bertz CT molecular complexity index is 1140. The summed E-state index contributed by atoms with van der Waals surface area (Å²) in [4.78, 5) is 4.58. The monoisotopic (exact) mass is 442 g/mol. The normalized spacial score (nSPS) is 22.1.